The normalized spacial score (nSPS) is 20.6. The minimum Gasteiger partial charge on any atom is -0.206 e. The summed E-state index contributed by atoms with van der Waals surface area (Å²) in [6, 6.07) is 4.02. The Morgan fingerprint density at radius 1 is 1.43 bits per heavy atom. The van der Waals surface area contributed by atoms with Crippen LogP contribution in [0.3, 0.4) is 0 Å². The van der Waals surface area contributed by atoms with Crippen molar-refractivity contribution in [3.05, 3.63) is 34.6 Å². The standard InChI is InChI=1S/C13H17F/c1-3-10-5-7-12-11(8-10)6-4-9(2)13(12)14/h4,6,10H,3,5,7-8H2,1-2H3. The molecule has 1 aromatic carbocycles. The summed E-state index contributed by atoms with van der Waals surface area (Å²) in [4.78, 5) is 0. The molecule has 1 atom stereocenters. The molecule has 0 N–H and O–H groups in total. The number of hydrogen-bond acceptors (Lipinski definition) is 0. The first-order chi connectivity index (χ1) is 6.72. The minimum atomic E-state index is 0.0389. The molecule has 0 bridgehead atoms. The van der Waals surface area contributed by atoms with Crippen molar-refractivity contribution in [1.29, 1.82) is 0 Å². The Labute approximate surface area is 85.1 Å². The summed E-state index contributed by atoms with van der Waals surface area (Å²) in [6.45, 7) is 4.07. The summed E-state index contributed by atoms with van der Waals surface area (Å²) in [5.41, 5.74) is 3.01. The summed E-state index contributed by atoms with van der Waals surface area (Å²) in [5, 5.41) is 0. The maximum absolute atomic E-state index is 13.7. The van der Waals surface area contributed by atoms with Crippen LogP contribution >= 0.6 is 0 Å². The molecule has 1 aromatic rings. The van der Waals surface area contributed by atoms with Gasteiger partial charge in [-0.25, -0.2) is 4.39 Å². The van der Waals surface area contributed by atoms with Gasteiger partial charge in [0, 0.05) is 0 Å². The first-order valence-electron chi connectivity index (χ1n) is 5.49. The largest absolute Gasteiger partial charge is 0.206 e. The van der Waals surface area contributed by atoms with Gasteiger partial charge in [-0.15, -0.1) is 0 Å². The van der Waals surface area contributed by atoms with E-state index in [-0.39, 0.29) is 5.82 Å². The molecule has 0 nitrogen and oxygen atoms in total. The van der Waals surface area contributed by atoms with E-state index in [4.69, 9.17) is 0 Å². The molecule has 0 spiro atoms. The highest BCUT2D eigenvalue weighted by Crippen LogP contribution is 2.30. The van der Waals surface area contributed by atoms with E-state index in [1.165, 1.54) is 12.0 Å². The summed E-state index contributed by atoms with van der Waals surface area (Å²) in [7, 11) is 0. The molecule has 1 aliphatic carbocycles. The third-order valence-electron chi connectivity index (χ3n) is 3.42. The maximum atomic E-state index is 13.7. The van der Waals surface area contributed by atoms with Crippen LogP contribution in [0.1, 0.15) is 36.5 Å². The Balaban J connectivity index is 2.36. The van der Waals surface area contributed by atoms with Crippen molar-refractivity contribution in [3.8, 4) is 0 Å². The van der Waals surface area contributed by atoms with Gasteiger partial charge in [-0.05, 0) is 48.8 Å². The molecule has 1 unspecified atom stereocenters. The highest BCUT2D eigenvalue weighted by molar-refractivity contribution is 5.35. The van der Waals surface area contributed by atoms with Gasteiger partial charge in [0.25, 0.3) is 0 Å². The number of fused-ring (bicyclic) bond motifs is 1. The number of aryl methyl sites for hydroxylation is 1. The number of halogens is 1. The quantitative estimate of drug-likeness (QED) is 0.637. The van der Waals surface area contributed by atoms with Crippen LogP contribution in [-0.2, 0) is 12.8 Å². The van der Waals surface area contributed by atoms with Crippen LogP contribution in [0.15, 0.2) is 12.1 Å². The Hall–Kier alpha value is -0.850. The maximum Gasteiger partial charge on any atom is 0.129 e. The molecule has 0 saturated heterocycles. The SMILES string of the molecule is CCC1CCc2c(ccc(C)c2F)C1. The van der Waals surface area contributed by atoms with Gasteiger partial charge < -0.3 is 0 Å². The summed E-state index contributed by atoms with van der Waals surface area (Å²) in [5.74, 6) is 0.807. The lowest BCUT2D eigenvalue weighted by atomic mass is 9.82. The molecule has 0 amide bonds. The second-order valence-corrected chi connectivity index (χ2v) is 4.35. The number of hydrogen-bond donors (Lipinski definition) is 0. The number of rotatable bonds is 1. The Morgan fingerprint density at radius 2 is 2.21 bits per heavy atom. The van der Waals surface area contributed by atoms with Crippen LogP contribution in [0.4, 0.5) is 4.39 Å². The first kappa shape index (κ1) is 9.70. The van der Waals surface area contributed by atoms with Crippen LogP contribution in [0.25, 0.3) is 0 Å². The van der Waals surface area contributed by atoms with Crippen LogP contribution in [0.5, 0.6) is 0 Å². The van der Waals surface area contributed by atoms with Gasteiger partial charge in [0.05, 0.1) is 0 Å². The lowest BCUT2D eigenvalue weighted by Gasteiger charge is -2.24. The van der Waals surface area contributed by atoms with Gasteiger partial charge in [0.2, 0.25) is 0 Å². The second-order valence-electron chi connectivity index (χ2n) is 4.35. The van der Waals surface area contributed by atoms with Gasteiger partial charge in [-0.1, -0.05) is 25.5 Å². The molecule has 0 fully saturated rings. The van der Waals surface area contributed by atoms with Gasteiger partial charge >= 0.3 is 0 Å². The molecule has 0 radical (unpaired) electrons. The van der Waals surface area contributed by atoms with Crippen molar-refractivity contribution in [1.82, 2.24) is 0 Å². The van der Waals surface area contributed by atoms with E-state index in [2.05, 4.69) is 13.0 Å². The Kier molecular flexibility index (Phi) is 2.58. The monoisotopic (exact) mass is 192 g/mol. The second kappa shape index (κ2) is 3.72. The molecular formula is C13H17F. The van der Waals surface area contributed by atoms with E-state index in [1.807, 2.05) is 13.0 Å². The Bertz CT molecular complexity index is 341. The average molecular weight is 192 g/mol. The zero-order valence-electron chi connectivity index (χ0n) is 8.94. The number of benzene rings is 1. The van der Waals surface area contributed by atoms with E-state index in [1.54, 1.807) is 0 Å². The fraction of sp³-hybridized carbons (Fsp3) is 0.538. The van der Waals surface area contributed by atoms with Gasteiger partial charge in [-0.3, -0.25) is 0 Å². The van der Waals surface area contributed by atoms with Gasteiger partial charge in [0.1, 0.15) is 5.82 Å². The first-order valence-corrected chi connectivity index (χ1v) is 5.49. The third kappa shape index (κ3) is 1.56. The van der Waals surface area contributed by atoms with Crippen molar-refractivity contribution in [2.75, 3.05) is 0 Å². The molecule has 0 aliphatic heterocycles. The lowest BCUT2D eigenvalue weighted by molar-refractivity contribution is 0.433. The predicted molar refractivity (Wildman–Crippen MR) is 56.9 cm³/mol. The van der Waals surface area contributed by atoms with Crippen LogP contribution in [-0.4, -0.2) is 0 Å². The van der Waals surface area contributed by atoms with Crippen LogP contribution in [0.2, 0.25) is 0 Å². The fourth-order valence-corrected chi connectivity index (χ4v) is 2.35. The van der Waals surface area contributed by atoms with E-state index in [0.29, 0.717) is 0 Å². The molecule has 1 heteroatoms. The molecule has 0 saturated carbocycles. The van der Waals surface area contributed by atoms with E-state index in [0.717, 1.165) is 36.3 Å². The summed E-state index contributed by atoms with van der Waals surface area (Å²) < 4.78 is 13.7. The third-order valence-corrected chi connectivity index (χ3v) is 3.42. The van der Waals surface area contributed by atoms with E-state index < -0.39 is 0 Å². The molecule has 76 valence electrons. The molecule has 0 aromatic heterocycles. The van der Waals surface area contributed by atoms with Crippen molar-refractivity contribution in [2.45, 2.75) is 39.5 Å². The summed E-state index contributed by atoms with van der Waals surface area (Å²) >= 11 is 0. The fourth-order valence-electron chi connectivity index (χ4n) is 2.35. The molecular weight excluding hydrogens is 175 g/mol. The van der Waals surface area contributed by atoms with E-state index >= 15 is 0 Å². The highest BCUT2D eigenvalue weighted by Gasteiger charge is 2.20. The van der Waals surface area contributed by atoms with Crippen molar-refractivity contribution >= 4 is 0 Å². The van der Waals surface area contributed by atoms with Crippen molar-refractivity contribution in [2.24, 2.45) is 5.92 Å². The van der Waals surface area contributed by atoms with Crippen LogP contribution < -0.4 is 0 Å². The lowest BCUT2D eigenvalue weighted by Crippen LogP contribution is -2.15. The van der Waals surface area contributed by atoms with Crippen LogP contribution in [0, 0.1) is 18.7 Å². The van der Waals surface area contributed by atoms with E-state index in [9.17, 15) is 4.39 Å². The molecule has 1 aliphatic rings. The zero-order valence-corrected chi connectivity index (χ0v) is 8.94. The van der Waals surface area contributed by atoms with Gasteiger partial charge in [0.15, 0.2) is 0 Å². The highest BCUT2D eigenvalue weighted by atomic mass is 19.1. The minimum absolute atomic E-state index is 0.0389. The van der Waals surface area contributed by atoms with Crippen molar-refractivity contribution < 1.29 is 4.39 Å². The molecule has 14 heavy (non-hydrogen) atoms. The summed E-state index contributed by atoms with van der Waals surface area (Å²) in [6.07, 6.45) is 4.38. The zero-order chi connectivity index (χ0) is 10.1. The van der Waals surface area contributed by atoms with Gasteiger partial charge in [-0.2, -0.15) is 0 Å². The van der Waals surface area contributed by atoms with Crippen molar-refractivity contribution in [3.63, 3.8) is 0 Å². The molecule has 2 rings (SSSR count). The topological polar surface area (TPSA) is 0 Å². The Morgan fingerprint density at radius 3 is 2.93 bits per heavy atom. The predicted octanol–water partition coefficient (Wildman–Crippen LogP) is 3.65. The molecule has 0 heterocycles. The average Bonchev–Trinajstić information content (AvgIpc) is 2.23. The smallest absolute Gasteiger partial charge is 0.129 e.